The number of phenols is 1. The molecule has 108 valence electrons. The fourth-order valence-corrected chi connectivity index (χ4v) is 2.37. The summed E-state index contributed by atoms with van der Waals surface area (Å²) >= 11 is 0. The molecule has 0 aliphatic carbocycles. The molecule has 0 fully saturated rings. The molecule has 0 radical (unpaired) electrons. The lowest BCUT2D eigenvalue weighted by molar-refractivity contribution is 0.475. The Morgan fingerprint density at radius 1 is 1.14 bits per heavy atom. The van der Waals surface area contributed by atoms with Crippen molar-refractivity contribution in [1.29, 1.82) is 0 Å². The zero-order valence-electron chi connectivity index (χ0n) is 11.7. The number of fused-ring (bicyclic) bond motifs is 3. The predicted molar refractivity (Wildman–Crippen MR) is 82.2 cm³/mol. The molecule has 0 saturated carbocycles. The van der Waals surface area contributed by atoms with E-state index in [1.165, 1.54) is 0 Å². The summed E-state index contributed by atoms with van der Waals surface area (Å²) in [7, 11) is 0. The SMILES string of the molecule is Cc1ccc2nc(Nc3cccc(O)c3)c3nnnn3c2c1. The zero-order valence-corrected chi connectivity index (χ0v) is 11.7. The van der Waals surface area contributed by atoms with Crippen LogP contribution in [0.5, 0.6) is 5.75 Å². The Hall–Kier alpha value is -3.22. The molecule has 2 aromatic carbocycles. The van der Waals surface area contributed by atoms with Crippen LogP contribution in [0.1, 0.15) is 5.56 Å². The molecule has 2 heterocycles. The molecule has 2 aromatic heterocycles. The topological polar surface area (TPSA) is 88.2 Å². The summed E-state index contributed by atoms with van der Waals surface area (Å²) in [4.78, 5) is 4.59. The van der Waals surface area contributed by atoms with Crippen LogP contribution >= 0.6 is 0 Å². The lowest BCUT2D eigenvalue weighted by Gasteiger charge is -2.08. The van der Waals surface area contributed by atoms with Crippen LogP contribution in [0.4, 0.5) is 11.5 Å². The number of aromatic hydroxyl groups is 1. The van der Waals surface area contributed by atoms with Crippen molar-refractivity contribution in [3.63, 3.8) is 0 Å². The molecule has 4 rings (SSSR count). The number of benzene rings is 2. The van der Waals surface area contributed by atoms with Crippen LogP contribution in [0.25, 0.3) is 16.7 Å². The molecule has 0 amide bonds. The Bertz CT molecular complexity index is 994. The summed E-state index contributed by atoms with van der Waals surface area (Å²) in [5.41, 5.74) is 3.99. The van der Waals surface area contributed by atoms with Gasteiger partial charge >= 0.3 is 0 Å². The Labute approximate surface area is 125 Å². The third kappa shape index (κ3) is 1.99. The molecule has 4 aromatic rings. The van der Waals surface area contributed by atoms with E-state index < -0.39 is 0 Å². The highest BCUT2D eigenvalue weighted by Gasteiger charge is 2.12. The van der Waals surface area contributed by atoms with Gasteiger partial charge in [0.05, 0.1) is 11.0 Å². The molecule has 7 heteroatoms. The van der Waals surface area contributed by atoms with Gasteiger partial charge in [0, 0.05) is 11.8 Å². The highest BCUT2D eigenvalue weighted by molar-refractivity contribution is 5.84. The first-order valence-electron chi connectivity index (χ1n) is 6.75. The molecular weight excluding hydrogens is 280 g/mol. The lowest BCUT2D eigenvalue weighted by atomic mass is 10.2. The third-order valence-electron chi connectivity index (χ3n) is 3.38. The molecule has 0 saturated heterocycles. The van der Waals surface area contributed by atoms with Crippen LogP contribution < -0.4 is 5.32 Å². The number of aromatic nitrogens is 5. The average molecular weight is 292 g/mol. The first kappa shape index (κ1) is 12.5. The normalized spacial score (nSPS) is 11.1. The number of anilines is 2. The fraction of sp³-hybridized carbons (Fsp3) is 0.0667. The molecule has 0 aliphatic rings. The molecule has 0 aliphatic heterocycles. The number of rotatable bonds is 2. The van der Waals surface area contributed by atoms with Gasteiger partial charge in [0.1, 0.15) is 5.75 Å². The summed E-state index contributed by atoms with van der Waals surface area (Å²) in [5.74, 6) is 0.712. The first-order chi connectivity index (χ1) is 10.7. The van der Waals surface area contributed by atoms with Crippen molar-refractivity contribution in [2.24, 2.45) is 0 Å². The monoisotopic (exact) mass is 292 g/mol. The highest BCUT2D eigenvalue weighted by atomic mass is 16.3. The van der Waals surface area contributed by atoms with Crippen molar-refractivity contribution >= 4 is 28.2 Å². The van der Waals surface area contributed by atoms with E-state index in [2.05, 4.69) is 25.8 Å². The number of phenolic OH excluding ortho intramolecular Hbond substituents is 1. The summed E-state index contributed by atoms with van der Waals surface area (Å²) in [5, 5.41) is 24.5. The van der Waals surface area contributed by atoms with E-state index in [1.54, 1.807) is 22.7 Å². The van der Waals surface area contributed by atoms with E-state index in [-0.39, 0.29) is 5.75 Å². The van der Waals surface area contributed by atoms with Crippen molar-refractivity contribution in [3.8, 4) is 5.75 Å². The van der Waals surface area contributed by atoms with Crippen LogP contribution in [-0.2, 0) is 0 Å². The summed E-state index contributed by atoms with van der Waals surface area (Å²) in [6, 6.07) is 12.7. The van der Waals surface area contributed by atoms with Gasteiger partial charge in [-0.05, 0) is 47.2 Å². The summed E-state index contributed by atoms with van der Waals surface area (Å²) < 4.78 is 1.65. The molecule has 22 heavy (non-hydrogen) atoms. The molecular formula is C15H12N6O. The molecule has 7 nitrogen and oxygen atoms in total. The van der Waals surface area contributed by atoms with Crippen LogP contribution in [0.2, 0.25) is 0 Å². The maximum atomic E-state index is 9.56. The Morgan fingerprint density at radius 2 is 2.05 bits per heavy atom. The summed E-state index contributed by atoms with van der Waals surface area (Å²) in [6.07, 6.45) is 0. The minimum Gasteiger partial charge on any atom is -0.508 e. The Morgan fingerprint density at radius 3 is 2.91 bits per heavy atom. The van der Waals surface area contributed by atoms with Crippen LogP contribution in [0.15, 0.2) is 42.5 Å². The second-order valence-electron chi connectivity index (χ2n) is 5.04. The van der Waals surface area contributed by atoms with Gasteiger partial charge in [-0.3, -0.25) is 0 Å². The Balaban J connectivity index is 1.92. The van der Waals surface area contributed by atoms with Gasteiger partial charge in [0.15, 0.2) is 5.82 Å². The number of tetrazole rings is 1. The lowest BCUT2D eigenvalue weighted by Crippen LogP contribution is -2.01. The number of nitrogens with one attached hydrogen (secondary N) is 1. The Kier molecular flexibility index (Phi) is 2.65. The van der Waals surface area contributed by atoms with Gasteiger partial charge in [-0.1, -0.05) is 12.1 Å². The van der Waals surface area contributed by atoms with Crippen LogP contribution in [0, 0.1) is 6.92 Å². The van der Waals surface area contributed by atoms with E-state index in [9.17, 15) is 5.11 Å². The fourth-order valence-electron chi connectivity index (χ4n) is 2.37. The maximum Gasteiger partial charge on any atom is 0.222 e. The minimum absolute atomic E-state index is 0.178. The van der Waals surface area contributed by atoms with E-state index in [1.807, 2.05) is 31.2 Å². The van der Waals surface area contributed by atoms with E-state index in [4.69, 9.17) is 0 Å². The van der Waals surface area contributed by atoms with Crippen molar-refractivity contribution < 1.29 is 5.11 Å². The van der Waals surface area contributed by atoms with Gasteiger partial charge in [0.25, 0.3) is 0 Å². The van der Waals surface area contributed by atoms with Crippen molar-refractivity contribution in [2.45, 2.75) is 6.92 Å². The van der Waals surface area contributed by atoms with Gasteiger partial charge < -0.3 is 10.4 Å². The van der Waals surface area contributed by atoms with E-state index in [0.29, 0.717) is 17.2 Å². The predicted octanol–water partition coefficient (Wildman–Crippen LogP) is 2.43. The van der Waals surface area contributed by atoms with Crippen LogP contribution in [-0.4, -0.2) is 30.1 Å². The standard InChI is InChI=1S/C15H12N6O/c1-9-5-6-12-13(7-9)21-15(18-19-20-21)14(17-12)16-10-3-2-4-11(22)8-10/h2-8,22H,1H3,(H,16,17). The van der Waals surface area contributed by atoms with Gasteiger partial charge in [0.2, 0.25) is 5.65 Å². The van der Waals surface area contributed by atoms with Gasteiger partial charge in [-0.15, -0.1) is 5.10 Å². The maximum absolute atomic E-state index is 9.56. The van der Waals surface area contributed by atoms with Crippen molar-refractivity contribution in [1.82, 2.24) is 25.0 Å². The smallest absolute Gasteiger partial charge is 0.222 e. The molecule has 0 bridgehead atoms. The number of hydrogen-bond acceptors (Lipinski definition) is 6. The molecule has 0 unspecified atom stereocenters. The second kappa shape index (κ2) is 4.66. The largest absolute Gasteiger partial charge is 0.508 e. The molecule has 0 spiro atoms. The number of aryl methyl sites for hydroxylation is 1. The van der Waals surface area contributed by atoms with Gasteiger partial charge in [-0.2, -0.15) is 4.52 Å². The summed E-state index contributed by atoms with van der Waals surface area (Å²) in [6.45, 7) is 2.01. The highest BCUT2D eigenvalue weighted by Crippen LogP contribution is 2.24. The van der Waals surface area contributed by atoms with Crippen molar-refractivity contribution in [3.05, 3.63) is 48.0 Å². The minimum atomic E-state index is 0.178. The first-order valence-corrected chi connectivity index (χ1v) is 6.75. The average Bonchev–Trinajstić information content (AvgIpc) is 2.98. The van der Waals surface area contributed by atoms with Gasteiger partial charge in [-0.25, -0.2) is 4.98 Å². The zero-order chi connectivity index (χ0) is 15.1. The second-order valence-corrected chi connectivity index (χ2v) is 5.04. The molecule has 2 N–H and O–H groups in total. The quantitative estimate of drug-likeness (QED) is 0.590. The van der Waals surface area contributed by atoms with E-state index in [0.717, 1.165) is 16.6 Å². The van der Waals surface area contributed by atoms with Crippen LogP contribution in [0.3, 0.4) is 0 Å². The number of nitrogens with zero attached hydrogens (tertiary/aromatic N) is 5. The van der Waals surface area contributed by atoms with Crippen molar-refractivity contribution in [2.75, 3.05) is 5.32 Å². The number of hydrogen-bond donors (Lipinski definition) is 2. The van der Waals surface area contributed by atoms with E-state index >= 15 is 0 Å². The molecule has 0 atom stereocenters. The third-order valence-corrected chi connectivity index (χ3v) is 3.38.